The minimum Gasteiger partial charge on any atom is -0.479 e. The summed E-state index contributed by atoms with van der Waals surface area (Å²) in [7, 11) is 1.76. The number of aliphatic carboxylic acids is 1. The number of carbonyl (C=O) groups excluding carboxylic acids is 1. The molecule has 0 spiro atoms. The average Bonchev–Trinajstić information content (AvgIpc) is 2.93. The number of benzene rings is 1. The molecule has 1 amide bonds. The maximum Gasteiger partial charge on any atom is 0.330 e. The summed E-state index contributed by atoms with van der Waals surface area (Å²) in [6.45, 7) is 0.760. The Kier molecular flexibility index (Phi) is 4.70. The lowest BCUT2D eigenvalue weighted by molar-refractivity contribution is -0.142. The third kappa shape index (κ3) is 3.15. The van der Waals surface area contributed by atoms with Gasteiger partial charge in [0.25, 0.3) is 0 Å². The Bertz CT molecular complexity index is 477. The Hall–Kier alpha value is -1.92. The van der Waals surface area contributed by atoms with Crippen LogP contribution in [0, 0.1) is 5.92 Å². The maximum atomic E-state index is 12.2. The number of carboxylic acids is 1. The zero-order valence-electron chi connectivity index (χ0n) is 11.2. The highest BCUT2D eigenvalue weighted by Gasteiger charge is 2.35. The molecule has 0 aromatic heterocycles. The molecule has 20 heavy (non-hydrogen) atoms. The van der Waals surface area contributed by atoms with Gasteiger partial charge >= 0.3 is 5.97 Å². The predicted octanol–water partition coefficient (Wildman–Crippen LogP) is 0.163. The van der Waals surface area contributed by atoms with E-state index in [9.17, 15) is 14.7 Å². The summed E-state index contributed by atoms with van der Waals surface area (Å²) in [5, 5.41) is 14.9. The van der Waals surface area contributed by atoms with Crippen molar-refractivity contribution in [3.63, 3.8) is 0 Å². The van der Waals surface area contributed by atoms with Crippen molar-refractivity contribution in [2.45, 2.75) is 12.1 Å². The van der Waals surface area contributed by atoms with Gasteiger partial charge in [0.1, 0.15) is 0 Å². The molecule has 0 radical (unpaired) electrons. The number of hydrogen-bond donors (Lipinski definition) is 3. The summed E-state index contributed by atoms with van der Waals surface area (Å²) >= 11 is 0. The number of ether oxygens (including phenoxy) is 1. The molecule has 1 saturated heterocycles. The number of nitrogens with one attached hydrogen (secondary N) is 2. The number of hydrogen-bond acceptors (Lipinski definition) is 4. The van der Waals surface area contributed by atoms with Crippen LogP contribution in [0.15, 0.2) is 30.3 Å². The summed E-state index contributed by atoms with van der Waals surface area (Å²) in [6, 6.07) is 7.52. The lowest BCUT2D eigenvalue weighted by Crippen LogP contribution is -2.45. The van der Waals surface area contributed by atoms with Crippen molar-refractivity contribution in [1.29, 1.82) is 0 Å². The van der Waals surface area contributed by atoms with Gasteiger partial charge in [-0.3, -0.25) is 4.79 Å². The quantitative estimate of drug-likeness (QED) is 0.714. The van der Waals surface area contributed by atoms with E-state index >= 15 is 0 Å². The molecule has 1 aromatic rings. The fraction of sp³-hybridized carbons (Fsp3) is 0.429. The highest BCUT2D eigenvalue weighted by molar-refractivity contribution is 5.86. The van der Waals surface area contributed by atoms with Crippen LogP contribution in [0.1, 0.15) is 11.6 Å². The Morgan fingerprint density at radius 2 is 2.00 bits per heavy atom. The van der Waals surface area contributed by atoms with Crippen molar-refractivity contribution in [2.24, 2.45) is 5.92 Å². The molecule has 1 heterocycles. The van der Waals surface area contributed by atoms with Gasteiger partial charge in [0.15, 0.2) is 6.04 Å². The first kappa shape index (κ1) is 14.5. The van der Waals surface area contributed by atoms with Crippen molar-refractivity contribution in [3.05, 3.63) is 35.9 Å². The zero-order chi connectivity index (χ0) is 14.5. The van der Waals surface area contributed by atoms with E-state index in [2.05, 4.69) is 10.6 Å². The molecule has 3 unspecified atom stereocenters. The predicted molar refractivity (Wildman–Crippen MR) is 72.1 cm³/mol. The summed E-state index contributed by atoms with van der Waals surface area (Å²) in [4.78, 5) is 23.5. The molecule has 108 valence electrons. The van der Waals surface area contributed by atoms with E-state index in [1.807, 2.05) is 0 Å². The molecule has 2 rings (SSSR count). The Morgan fingerprint density at radius 1 is 1.30 bits per heavy atom. The third-order valence-electron chi connectivity index (χ3n) is 3.45. The lowest BCUT2D eigenvalue weighted by Gasteiger charge is -2.20. The first-order valence-electron chi connectivity index (χ1n) is 6.46. The van der Waals surface area contributed by atoms with Crippen molar-refractivity contribution < 1.29 is 19.4 Å². The molecule has 6 nitrogen and oxygen atoms in total. The molecule has 3 N–H and O–H groups in total. The van der Waals surface area contributed by atoms with Gasteiger partial charge in [-0.2, -0.15) is 0 Å². The molecule has 0 bridgehead atoms. The van der Waals surface area contributed by atoms with Gasteiger partial charge in [-0.1, -0.05) is 30.3 Å². The highest BCUT2D eigenvalue weighted by Crippen LogP contribution is 2.17. The van der Waals surface area contributed by atoms with E-state index in [1.165, 1.54) is 0 Å². The van der Waals surface area contributed by atoms with Crippen LogP contribution in [0.3, 0.4) is 0 Å². The van der Waals surface area contributed by atoms with Gasteiger partial charge in [0.2, 0.25) is 5.91 Å². The minimum atomic E-state index is -1.08. The van der Waals surface area contributed by atoms with Gasteiger partial charge in [0, 0.05) is 6.04 Å². The van der Waals surface area contributed by atoms with Gasteiger partial charge in [-0.25, -0.2) is 4.79 Å². The maximum absolute atomic E-state index is 12.2. The van der Waals surface area contributed by atoms with Gasteiger partial charge in [0.05, 0.1) is 19.1 Å². The molecule has 1 fully saturated rings. The van der Waals surface area contributed by atoms with Crippen LogP contribution in [0.5, 0.6) is 0 Å². The SMILES string of the molecule is CNC1COCC1C(=O)NC(C(=O)O)c1ccccc1. The first-order chi connectivity index (χ1) is 9.63. The zero-order valence-corrected chi connectivity index (χ0v) is 11.2. The fourth-order valence-electron chi connectivity index (χ4n) is 2.28. The summed E-state index contributed by atoms with van der Waals surface area (Å²) in [5.74, 6) is -1.76. The van der Waals surface area contributed by atoms with Crippen LogP contribution >= 0.6 is 0 Å². The van der Waals surface area contributed by atoms with E-state index in [1.54, 1.807) is 37.4 Å². The monoisotopic (exact) mass is 278 g/mol. The number of amides is 1. The van der Waals surface area contributed by atoms with E-state index in [-0.39, 0.29) is 17.9 Å². The second-order valence-corrected chi connectivity index (χ2v) is 4.73. The molecule has 0 saturated carbocycles. The highest BCUT2D eigenvalue weighted by atomic mass is 16.5. The number of rotatable bonds is 5. The second kappa shape index (κ2) is 6.49. The summed E-state index contributed by atoms with van der Waals surface area (Å²) < 4.78 is 5.26. The molecule has 6 heteroatoms. The standard InChI is InChI=1S/C14H18N2O4/c1-15-11-8-20-7-10(11)13(17)16-12(14(18)19)9-5-3-2-4-6-9/h2-6,10-12,15H,7-8H2,1H3,(H,16,17)(H,18,19). The molecule has 0 aliphatic carbocycles. The first-order valence-corrected chi connectivity index (χ1v) is 6.46. The summed E-state index contributed by atoms with van der Waals surface area (Å²) in [6.07, 6.45) is 0. The Morgan fingerprint density at radius 3 is 2.60 bits per heavy atom. The molecular formula is C14H18N2O4. The number of likely N-dealkylation sites (N-methyl/N-ethyl adjacent to an activating group) is 1. The largest absolute Gasteiger partial charge is 0.479 e. The van der Waals surface area contributed by atoms with Crippen molar-refractivity contribution >= 4 is 11.9 Å². The van der Waals surface area contributed by atoms with Crippen LogP contribution < -0.4 is 10.6 Å². The average molecular weight is 278 g/mol. The smallest absolute Gasteiger partial charge is 0.330 e. The van der Waals surface area contributed by atoms with Crippen LogP contribution in [-0.2, 0) is 14.3 Å². The Labute approximate surface area is 117 Å². The van der Waals surface area contributed by atoms with E-state index in [4.69, 9.17) is 4.74 Å². The van der Waals surface area contributed by atoms with E-state index in [0.29, 0.717) is 18.8 Å². The van der Waals surface area contributed by atoms with Gasteiger partial charge in [-0.15, -0.1) is 0 Å². The topological polar surface area (TPSA) is 87.7 Å². The normalized spacial score (nSPS) is 23.2. The van der Waals surface area contributed by atoms with E-state index in [0.717, 1.165) is 0 Å². The fourth-order valence-corrected chi connectivity index (χ4v) is 2.28. The molecule has 1 aromatic carbocycles. The van der Waals surface area contributed by atoms with Crippen molar-refractivity contribution in [3.8, 4) is 0 Å². The molecule has 1 aliphatic heterocycles. The van der Waals surface area contributed by atoms with Gasteiger partial charge < -0.3 is 20.5 Å². The third-order valence-corrected chi connectivity index (χ3v) is 3.45. The minimum absolute atomic E-state index is 0.0831. The Balaban J connectivity index is 2.09. The van der Waals surface area contributed by atoms with Crippen molar-refractivity contribution in [1.82, 2.24) is 10.6 Å². The van der Waals surface area contributed by atoms with Crippen LogP contribution in [0.25, 0.3) is 0 Å². The van der Waals surface area contributed by atoms with Gasteiger partial charge in [-0.05, 0) is 12.6 Å². The molecule has 1 aliphatic rings. The number of carboxylic acid groups (broad SMARTS) is 1. The lowest BCUT2D eigenvalue weighted by atomic mass is 10.0. The number of carbonyl (C=O) groups is 2. The van der Waals surface area contributed by atoms with Crippen LogP contribution in [0.4, 0.5) is 0 Å². The summed E-state index contributed by atoms with van der Waals surface area (Å²) in [5.41, 5.74) is 0.549. The van der Waals surface area contributed by atoms with Crippen molar-refractivity contribution in [2.75, 3.05) is 20.3 Å². The molecule has 3 atom stereocenters. The van der Waals surface area contributed by atoms with E-state index < -0.39 is 12.0 Å². The van der Waals surface area contributed by atoms with Crippen LogP contribution in [-0.4, -0.2) is 43.3 Å². The van der Waals surface area contributed by atoms with Crippen LogP contribution in [0.2, 0.25) is 0 Å². The second-order valence-electron chi connectivity index (χ2n) is 4.73. The molecular weight excluding hydrogens is 260 g/mol.